The molecule has 0 spiro atoms. The van der Waals surface area contributed by atoms with Crippen LogP contribution in [0.3, 0.4) is 0 Å². The van der Waals surface area contributed by atoms with Gasteiger partial charge in [0, 0.05) is 19.4 Å². The number of anilines is 1. The lowest BCUT2D eigenvalue weighted by atomic mass is 10.0. The van der Waals surface area contributed by atoms with E-state index >= 15 is 0 Å². The van der Waals surface area contributed by atoms with Crippen LogP contribution in [0.15, 0.2) is 64.4 Å². The molecule has 3 aliphatic rings. The lowest BCUT2D eigenvalue weighted by Gasteiger charge is -2.31. The van der Waals surface area contributed by atoms with E-state index in [4.69, 9.17) is 0 Å². The standard InChI is InChI=1S/C20H24N2O2S.C6H13N/c1-2-22(17-14-16-12-13-21(16)15-17)19-10-6-7-11-20(19)25(23,24)18-8-4-3-5-9-18;1-2-4-6-7-5-3-1/h3-11,16-17H,2,12-15H2,1H3;7H,1-6H2/p+1. The summed E-state index contributed by atoms with van der Waals surface area (Å²) >= 11 is 0. The highest BCUT2D eigenvalue weighted by atomic mass is 32.2. The van der Waals surface area contributed by atoms with Crippen molar-refractivity contribution in [3.05, 3.63) is 54.6 Å². The zero-order chi connectivity index (χ0) is 22.4. The number of quaternary nitrogens is 1. The molecule has 0 bridgehead atoms. The first-order valence-electron chi connectivity index (χ1n) is 12.3. The number of fused-ring (bicyclic) bond motifs is 1. The number of sulfone groups is 1. The lowest BCUT2D eigenvalue weighted by molar-refractivity contribution is -0.953. The Hall–Kier alpha value is -1.89. The van der Waals surface area contributed by atoms with Crippen LogP contribution in [0.25, 0.3) is 0 Å². The molecule has 3 heterocycles. The summed E-state index contributed by atoms with van der Waals surface area (Å²) in [5, 5.41) is 3.35. The minimum Gasteiger partial charge on any atom is -0.362 e. The van der Waals surface area contributed by atoms with Crippen molar-refractivity contribution in [1.29, 1.82) is 0 Å². The number of nitrogens with zero attached hydrogens (tertiary/aromatic N) is 1. The molecule has 3 unspecified atom stereocenters. The summed E-state index contributed by atoms with van der Waals surface area (Å²) in [5.74, 6) is 0. The maximum Gasteiger partial charge on any atom is 0.208 e. The van der Waals surface area contributed by atoms with Crippen molar-refractivity contribution in [1.82, 2.24) is 5.32 Å². The van der Waals surface area contributed by atoms with Crippen LogP contribution >= 0.6 is 0 Å². The van der Waals surface area contributed by atoms with Crippen molar-refractivity contribution in [3.63, 3.8) is 0 Å². The van der Waals surface area contributed by atoms with E-state index in [9.17, 15) is 8.42 Å². The van der Waals surface area contributed by atoms with Gasteiger partial charge in [-0.1, -0.05) is 43.2 Å². The highest BCUT2D eigenvalue weighted by molar-refractivity contribution is 7.91. The highest BCUT2D eigenvalue weighted by Crippen LogP contribution is 2.32. The van der Waals surface area contributed by atoms with Gasteiger partial charge in [0.1, 0.15) is 0 Å². The average Bonchev–Trinajstić information content (AvgIpc) is 3.01. The first-order valence-corrected chi connectivity index (χ1v) is 13.8. The normalized spacial score (nSPS) is 25.0. The molecule has 2 N–H and O–H groups in total. The Labute approximate surface area is 193 Å². The summed E-state index contributed by atoms with van der Waals surface area (Å²) in [6.07, 6.45) is 8.14. The van der Waals surface area contributed by atoms with Crippen molar-refractivity contribution in [2.75, 3.05) is 37.6 Å². The van der Waals surface area contributed by atoms with Gasteiger partial charge in [0.05, 0.1) is 40.7 Å². The van der Waals surface area contributed by atoms with Crippen LogP contribution in [-0.4, -0.2) is 53.2 Å². The van der Waals surface area contributed by atoms with E-state index in [-0.39, 0.29) is 0 Å². The second kappa shape index (κ2) is 10.8. The molecular weight excluding hydrogens is 418 g/mol. The molecule has 0 aromatic heterocycles. The molecule has 6 heteroatoms. The van der Waals surface area contributed by atoms with Gasteiger partial charge in [-0.25, -0.2) is 8.42 Å². The maximum absolute atomic E-state index is 13.2. The predicted octanol–water partition coefficient (Wildman–Crippen LogP) is 2.93. The van der Waals surface area contributed by atoms with Crippen molar-refractivity contribution < 1.29 is 13.3 Å². The third kappa shape index (κ3) is 5.19. The first-order chi connectivity index (χ1) is 15.6. The van der Waals surface area contributed by atoms with Crippen LogP contribution in [-0.2, 0) is 9.84 Å². The Bertz CT molecular complexity index is 932. The monoisotopic (exact) mass is 456 g/mol. The molecule has 2 aromatic rings. The van der Waals surface area contributed by atoms with E-state index in [0.29, 0.717) is 15.8 Å². The number of hydrogen-bond donors (Lipinski definition) is 2. The summed E-state index contributed by atoms with van der Waals surface area (Å²) in [7, 11) is -3.51. The van der Waals surface area contributed by atoms with Gasteiger partial charge < -0.3 is 15.1 Å². The number of nitrogens with one attached hydrogen (secondary N) is 2. The smallest absolute Gasteiger partial charge is 0.208 e. The van der Waals surface area contributed by atoms with Crippen LogP contribution in [0.2, 0.25) is 0 Å². The predicted molar refractivity (Wildman–Crippen MR) is 130 cm³/mol. The molecule has 3 atom stereocenters. The van der Waals surface area contributed by atoms with E-state index in [2.05, 4.69) is 17.1 Å². The van der Waals surface area contributed by atoms with Crippen LogP contribution in [0.5, 0.6) is 0 Å². The van der Waals surface area contributed by atoms with E-state index < -0.39 is 9.84 Å². The lowest BCUT2D eigenvalue weighted by Crippen LogP contribution is -3.20. The molecule has 0 saturated carbocycles. The van der Waals surface area contributed by atoms with Gasteiger partial charge in [0.25, 0.3) is 0 Å². The minimum atomic E-state index is -3.51. The zero-order valence-corrected chi connectivity index (χ0v) is 20.1. The quantitative estimate of drug-likeness (QED) is 0.727. The molecule has 174 valence electrons. The molecule has 0 radical (unpaired) electrons. The molecule has 5 nitrogen and oxygen atoms in total. The summed E-state index contributed by atoms with van der Waals surface area (Å²) in [6, 6.07) is 17.4. The molecule has 0 amide bonds. The van der Waals surface area contributed by atoms with Gasteiger partial charge in [-0.05, 0) is 57.1 Å². The Morgan fingerprint density at radius 1 is 0.969 bits per heavy atom. The first kappa shape index (κ1) is 23.3. The average molecular weight is 457 g/mol. The van der Waals surface area contributed by atoms with Crippen LogP contribution in [0.1, 0.15) is 45.4 Å². The third-order valence-electron chi connectivity index (χ3n) is 7.20. The molecule has 2 aromatic carbocycles. The highest BCUT2D eigenvalue weighted by Gasteiger charge is 2.45. The third-order valence-corrected chi connectivity index (χ3v) is 9.02. The van der Waals surface area contributed by atoms with E-state index in [1.807, 2.05) is 24.3 Å². The van der Waals surface area contributed by atoms with Crippen molar-refractivity contribution >= 4 is 15.5 Å². The van der Waals surface area contributed by atoms with Crippen LogP contribution in [0, 0.1) is 0 Å². The van der Waals surface area contributed by atoms with Crippen LogP contribution < -0.4 is 15.1 Å². The van der Waals surface area contributed by atoms with E-state index in [1.165, 1.54) is 58.2 Å². The molecule has 32 heavy (non-hydrogen) atoms. The minimum absolute atomic E-state index is 0.361. The summed E-state index contributed by atoms with van der Waals surface area (Å²) < 4.78 is 26.4. The number of para-hydroxylation sites is 1. The van der Waals surface area contributed by atoms with Crippen molar-refractivity contribution in [2.24, 2.45) is 0 Å². The molecule has 3 aliphatic heterocycles. The van der Waals surface area contributed by atoms with Gasteiger partial charge in [-0.2, -0.15) is 0 Å². The summed E-state index contributed by atoms with van der Waals surface area (Å²) in [4.78, 5) is 4.78. The zero-order valence-electron chi connectivity index (χ0n) is 19.3. The second-order valence-electron chi connectivity index (χ2n) is 9.22. The summed E-state index contributed by atoms with van der Waals surface area (Å²) in [5.41, 5.74) is 0.848. The van der Waals surface area contributed by atoms with E-state index in [1.54, 1.807) is 35.2 Å². The Morgan fingerprint density at radius 2 is 1.66 bits per heavy atom. The fourth-order valence-corrected chi connectivity index (χ4v) is 6.80. The molecule has 3 fully saturated rings. The molecule has 0 aliphatic carbocycles. The topological polar surface area (TPSA) is 53.9 Å². The largest absolute Gasteiger partial charge is 0.362 e. The van der Waals surface area contributed by atoms with E-state index in [0.717, 1.165) is 24.8 Å². The van der Waals surface area contributed by atoms with Gasteiger partial charge in [0.2, 0.25) is 9.84 Å². The fourth-order valence-electron chi connectivity index (χ4n) is 5.31. The Morgan fingerprint density at radius 3 is 2.25 bits per heavy atom. The number of likely N-dealkylation sites (N-methyl/N-ethyl adjacent to an activating group) is 1. The van der Waals surface area contributed by atoms with Crippen molar-refractivity contribution in [3.8, 4) is 0 Å². The maximum atomic E-state index is 13.2. The number of hydrogen-bond acceptors (Lipinski definition) is 4. The number of rotatable bonds is 5. The molecular formula is C26H38N3O2S+. The molecule has 5 rings (SSSR count). The second-order valence-corrected chi connectivity index (χ2v) is 11.1. The SMILES string of the molecule is C1CCCNCC1.CCN(c1ccccc1S(=O)(=O)c1ccccc1)C1CC2CC[NH+]2C1. The number of benzene rings is 2. The van der Waals surface area contributed by atoms with Crippen LogP contribution in [0.4, 0.5) is 5.69 Å². The van der Waals surface area contributed by atoms with Gasteiger partial charge >= 0.3 is 0 Å². The van der Waals surface area contributed by atoms with Crippen molar-refractivity contribution in [2.45, 2.75) is 67.3 Å². The summed E-state index contributed by atoms with van der Waals surface area (Å²) in [6.45, 7) is 7.84. The Kier molecular flexibility index (Phi) is 7.87. The molecule has 3 saturated heterocycles. The van der Waals surface area contributed by atoms with Gasteiger partial charge in [-0.3, -0.25) is 0 Å². The fraction of sp³-hybridized carbons (Fsp3) is 0.538. The van der Waals surface area contributed by atoms with Gasteiger partial charge in [-0.15, -0.1) is 0 Å². The Balaban J connectivity index is 0.000000300. The van der Waals surface area contributed by atoms with Gasteiger partial charge in [0.15, 0.2) is 0 Å².